The Balaban J connectivity index is 2.01. The molecule has 0 aromatic carbocycles. The number of nitrogens with zero attached hydrogens (tertiary/aromatic N) is 1. The molecule has 0 spiro atoms. The van der Waals surface area contributed by atoms with Crippen LogP contribution < -0.4 is 0 Å². The maximum absolute atomic E-state index is 9.74. The van der Waals surface area contributed by atoms with Crippen LogP contribution in [0.2, 0.25) is 0 Å². The van der Waals surface area contributed by atoms with Crippen LogP contribution >= 0.6 is 0 Å². The lowest BCUT2D eigenvalue weighted by Crippen LogP contribution is -2.36. The summed E-state index contributed by atoms with van der Waals surface area (Å²) in [6.45, 7) is 3.84. The minimum absolute atomic E-state index is 0.335. The van der Waals surface area contributed by atoms with E-state index >= 15 is 0 Å². The van der Waals surface area contributed by atoms with Crippen molar-refractivity contribution in [3.63, 3.8) is 0 Å². The van der Waals surface area contributed by atoms with Crippen molar-refractivity contribution in [2.45, 2.75) is 25.0 Å². The van der Waals surface area contributed by atoms with Crippen molar-refractivity contribution in [2.75, 3.05) is 53.7 Å². The summed E-state index contributed by atoms with van der Waals surface area (Å²) < 4.78 is 15.7. The second-order valence-corrected chi connectivity index (χ2v) is 4.58. The van der Waals surface area contributed by atoms with Crippen molar-refractivity contribution in [3.8, 4) is 0 Å². The van der Waals surface area contributed by atoms with E-state index in [-0.39, 0.29) is 0 Å². The smallest absolute Gasteiger partial charge is 0.0900 e. The largest absolute Gasteiger partial charge is 0.389 e. The summed E-state index contributed by atoms with van der Waals surface area (Å²) in [5.41, 5.74) is 0. The maximum atomic E-state index is 9.74. The third-order valence-electron chi connectivity index (χ3n) is 2.80. The molecular formula is C12H25NO4. The lowest BCUT2D eigenvalue weighted by Gasteiger charge is -2.23. The van der Waals surface area contributed by atoms with Gasteiger partial charge in [0, 0.05) is 26.8 Å². The molecule has 0 aliphatic carbocycles. The van der Waals surface area contributed by atoms with Gasteiger partial charge in [0.05, 0.1) is 32.0 Å². The molecular weight excluding hydrogens is 222 g/mol. The van der Waals surface area contributed by atoms with Gasteiger partial charge < -0.3 is 24.2 Å². The summed E-state index contributed by atoms with van der Waals surface area (Å²) in [6, 6.07) is 0. The number of likely N-dealkylation sites (N-methyl/N-ethyl adjacent to an activating group) is 1. The van der Waals surface area contributed by atoms with Crippen LogP contribution in [0.15, 0.2) is 0 Å². The van der Waals surface area contributed by atoms with Gasteiger partial charge in [0.1, 0.15) is 0 Å². The Bertz CT molecular complexity index is 185. The summed E-state index contributed by atoms with van der Waals surface area (Å²) in [4.78, 5) is 2.10. The van der Waals surface area contributed by atoms with Gasteiger partial charge in [-0.1, -0.05) is 0 Å². The Morgan fingerprint density at radius 3 is 2.94 bits per heavy atom. The summed E-state index contributed by atoms with van der Waals surface area (Å²) in [7, 11) is 3.63. The first-order chi connectivity index (χ1) is 8.22. The molecule has 1 heterocycles. The zero-order valence-electron chi connectivity index (χ0n) is 10.9. The van der Waals surface area contributed by atoms with Crippen molar-refractivity contribution < 1.29 is 19.3 Å². The van der Waals surface area contributed by atoms with Crippen molar-refractivity contribution in [1.29, 1.82) is 0 Å². The fraction of sp³-hybridized carbons (Fsp3) is 1.00. The molecule has 0 bridgehead atoms. The molecule has 5 nitrogen and oxygen atoms in total. The molecule has 1 N–H and O–H groups in total. The number of hydrogen-bond donors (Lipinski definition) is 1. The average molecular weight is 247 g/mol. The number of methoxy groups -OCH3 is 1. The highest BCUT2D eigenvalue weighted by molar-refractivity contribution is 4.70. The van der Waals surface area contributed by atoms with Crippen molar-refractivity contribution >= 4 is 0 Å². The topological polar surface area (TPSA) is 51.2 Å². The lowest BCUT2D eigenvalue weighted by molar-refractivity contribution is -0.00396. The van der Waals surface area contributed by atoms with Gasteiger partial charge in [0.15, 0.2) is 0 Å². The van der Waals surface area contributed by atoms with Crippen LogP contribution in [0.4, 0.5) is 0 Å². The summed E-state index contributed by atoms with van der Waals surface area (Å²) in [6.07, 6.45) is 2.17. The standard InChI is InChI=1S/C12H25NO4/c1-13(9-12-4-3-5-17-12)8-11(14)10-16-7-6-15-2/h11-12,14H,3-10H2,1-2H3. The number of aliphatic hydroxyl groups is 1. The van der Waals surface area contributed by atoms with Gasteiger partial charge in [-0.2, -0.15) is 0 Å². The van der Waals surface area contributed by atoms with E-state index < -0.39 is 6.10 Å². The van der Waals surface area contributed by atoms with Crippen LogP contribution in [0.25, 0.3) is 0 Å². The lowest BCUT2D eigenvalue weighted by atomic mass is 10.2. The Morgan fingerprint density at radius 2 is 2.29 bits per heavy atom. The normalized spacial score (nSPS) is 22.2. The second kappa shape index (κ2) is 8.83. The minimum atomic E-state index is -0.446. The molecule has 0 amide bonds. The Labute approximate surface area is 104 Å². The molecule has 0 saturated carbocycles. The first kappa shape index (κ1) is 14.9. The summed E-state index contributed by atoms with van der Waals surface area (Å²) in [5.74, 6) is 0. The molecule has 1 saturated heterocycles. The first-order valence-electron chi connectivity index (χ1n) is 6.27. The van der Waals surface area contributed by atoms with Crippen LogP contribution in [-0.2, 0) is 14.2 Å². The van der Waals surface area contributed by atoms with E-state index in [9.17, 15) is 5.11 Å². The summed E-state index contributed by atoms with van der Waals surface area (Å²) in [5, 5.41) is 9.74. The van der Waals surface area contributed by atoms with Crippen molar-refractivity contribution in [3.05, 3.63) is 0 Å². The van der Waals surface area contributed by atoms with E-state index in [0.29, 0.717) is 32.5 Å². The highest BCUT2D eigenvalue weighted by atomic mass is 16.5. The zero-order valence-corrected chi connectivity index (χ0v) is 10.9. The Morgan fingerprint density at radius 1 is 1.47 bits per heavy atom. The molecule has 102 valence electrons. The molecule has 2 atom stereocenters. The molecule has 2 unspecified atom stereocenters. The van der Waals surface area contributed by atoms with E-state index in [2.05, 4.69) is 4.90 Å². The first-order valence-corrected chi connectivity index (χ1v) is 6.27. The maximum Gasteiger partial charge on any atom is 0.0900 e. The second-order valence-electron chi connectivity index (χ2n) is 4.58. The molecule has 17 heavy (non-hydrogen) atoms. The minimum Gasteiger partial charge on any atom is -0.389 e. The van der Waals surface area contributed by atoms with E-state index in [1.807, 2.05) is 7.05 Å². The Hall–Kier alpha value is -0.200. The quantitative estimate of drug-likeness (QED) is 0.587. The van der Waals surface area contributed by atoms with Gasteiger partial charge in [0.2, 0.25) is 0 Å². The van der Waals surface area contributed by atoms with E-state index in [4.69, 9.17) is 14.2 Å². The van der Waals surface area contributed by atoms with E-state index in [0.717, 1.165) is 26.0 Å². The number of hydrogen-bond acceptors (Lipinski definition) is 5. The predicted molar refractivity (Wildman–Crippen MR) is 65.2 cm³/mol. The molecule has 5 heteroatoms. The number of ether oxygens (including phenoxy) is 3. The average Bonchev–Trinajstić information content (AvgIpc) is 2.77. The monoisotopic (exact) mass is 247 g/mol. The number of rotatable bonds is 9. The SMILES string of the molecule is COCCOCC(O)CN(C)CC1CCCO1. The number of aliphatic hydroxyl groups excluding tert-OH is 1. The molecule has 0 radical (unpaired) electrons. The molecule has 1 aliphatic heterocycles. The third kappa shape index (κ3) is 6.95. The zero-order chi connectivity index (χ0) is 12.5. The third-order valence-corrected chi connectivity index (χ3v) is 2.80. The van der Waals surface area contributed by atoms with E-state index in [1.54, 1.807) is 7.11 Å². The van der Waals surface area contributed by atoms with Crippen LogP contribution in [-0.4, -0.2) is 75.9 Å². The van der Waals surface area contributed by atoms with Gasteiger partial charge in [0.25, 0.3) is 0 Å². The highest BCUT2D eigenvalue weighted by Gasteiger charge is 2.18. The fourth-order valence-corrected chi connectivity index (χ4v) is 1.98. The highest BCUT2D eigenvalue weighted by Crippen LogP contribution is 2.12. The van der Waals surface area contributed by atoms with Crippen molar-refractivity contribution in [2.24, 2.45) is 0 Å². The molecule has 1 aliphatic rings. The fourth-order valence-electron chi connectivity index (χ4n) is 1.98. The van der Waals surface area contributed by atoms with Crippen LogP contribution in [0, 0.1) is 0 Å². The molecule has 0 aromatic rings. The van der Waals surface area contributed by atoms with Crippen LogP contribution in [0.1, 0.15) is 12.8 Å². The van der Waals surface area contributed by atoms with E-state index in [1.165, 1.54) is 0 Å². The van der Waals surface area contributed by atoms with Gasteiger partial charge >= 0.3 is 0 Å². The van der Waals surface area contributed by atoms with Gasteiger partial charge in [-0.05, 0) is 19.9 Å². The van der Waals surface area contributed by atoms with Crippen LogP contribution in [0.5, 0.6) is 0 Å². The molecule has 0 aromatic heterocycles. The predicted octanol–water partition coefficient (Wildman–Crippen LogP) is 0.121. The Kier molecular flexibility index (Phi) is 7.72. The molecule has 1 fully saturated rings. The van der Waals surface area contributed by atoms with Crippen LogP contribution in [0.3, 0.4) is 0 Å². The van der Waals surface area contributed by atoms with Gasteiger partial charge in [-0.15, -0.1) is 0 Å². The van der Waals surface area contributed by atoms with Gasteiger partial charge in [-0.3, -0.25) is 0 Å². The van der Waals surface area contributed by atoms with Gasteiger partial charge in [-0.25, -0.2) is 0 Å². The van der Waals surface area contributed by atoms with Crippen molar-refractivity contribution in [1.82, 2.24) is 4.90 Å². The molecule has 1 rings (SSSR count). The summed E-state index contributed by atoms with van der Waals surface area (Å²) >= 11 is 0.